The van der Waals surface area contributed by atoms with E-state index in [0.29, 0.717) is 12.2 Å². The van der Waals surface area contributed by atoms with Crippen molar-refractivity contribution in [3.05, 3.63) is 0 Å². The van der Waals surface area contributed by atoms with Crippen LogP contribution in [-0.4, -0.2) is 51.8 Å². The molecule has 2 unspecified atom stereocenters. The van der Waals surface area contributed by atoms with Crippen LogP contribution in [0.25, 0.3) is 0 Å². The first-order valence-electron chi connectivity index (χ1n) is 8.25. The van der Waals surface area contributed by atoms with Gasteiger partial charge in [0.15, 0.2) is 0 Å². The molecule has 4 nitrogen and oxygen atoms in total. The molecular formula is C16H28O4. The van der Waals surface area contributed by atoms with Crippen LogP contribution < -0.4 is 0 Å². The third kappa shape index (κ3) is 4.99. The minimum atomic E-state index is 0.226. The first-order chi connectivity index (χ1) is 9.86. The minimum Gasteiger partial charge on any atom is -0.378 e. The highest BCUT2D eigenvalue weighted by Gasteiger charge is 2.33. The zero-order chi connectivity index (χ0) is 13.7. The van der Waals surface area contributed by atoms with Crippen LogP contribution in [0.5, 0.6) is 0 Å². The smallest absolute Gasteiger partial charge is 0.104 e. The van der Waals surface area contributed by atoms with Crippen molar-refractivity contribution in [1.29, 1.82) is 0 Å². The van der Waals surface area contributed by atoms with E-state index >= 15 is 0 Å². The Labute approximate surface area is 122 Å². The quantitative estimate of drug-likeness (QED) is 0.643. The third-order valence-electron chi connectivity index (χ3n) is 4.64. The first-order valence-corrected chi connectivity index (χ1v) is 8.25. The molecule has 20 heavy (non-hydrogen) atoms. The van der Waals surface area contributed by atoms with Crippen molar-refractivity contribution in [2.45, 2.75) is 57.2 Å². The Morgan fingerprint density at radius 3 is 1.65 bits per heavy atom. The van der Waals surface area contributed by atoms with Crippen molar-refractivity contribution in [3.63, 3.8) is 0 Å². The van der Waals surface area contributed by atoms with Gasteiger partial charge in [0.2, 0.25) is 0 Å². The largest absolute Gasteiger partial charge is 0.378 e. The Morgan fingerprint density at radius 2 is 1.20 bits per heavy atom. The average Bonchev–Trinajstić information content (AvgIpc) is 3.27. The van der Waals surface area contributed by atoms with E-state index in [4.69, 9.17) is 18.9 Å². The molecule has 0 aromatic rings. The summed E-state index contributed by atoms with van der Waals surface area (Å²) in [6.45, 7) is 4.93. The summed E-state index contributed by atoms with van der Waals surface area (Å²) >= 11 is 0. The number of hydrogen-bond donors (Lipinski definition) is 0. The lowest BCUT2D eigenvalue weighted by Gasteiger charge is -2.35. The van der Waals surface area contributed by atoms with Crippen molar-refractivity contribution in [3.8, 4) is 0 Å². The third-order valence-corrected chi connectivity index (χ3v) is 4.64. The topological polar surface area (TPSA) is 43.5 Å². The summed E-state index contributed by atoms with van der Waals surface area (Å²) in [4.78, 5) is 0. The van der Waals surface area contributed by atoms with Crippen molar-refractivity contribution in [2.24, 2.45) is 5.41 Å². The maximum absolute atomic E-state index is 5.93. The summed E-state index contributed by atoms with van der Waals surface area (Å²) in [5.74, 6) is 0. The average molecular weight is 284 g/mol. The summed E-state index contributed by atoms with van der Waals surface area (Å²) in [6.07, 6.45) is 9.94. The molecule has 0 bridgehead atoms. The number of epoxide rings is 2. The maximum atomic E-state index is 5.93. The van der Waals surface area contributed by atoms with Gasteiger partial charge in [-0.15, -0.1) is 0 Å². The zero-order valence-electron chi connectivity index (χ0n) is 12.5. The van der Waals surface area contributed by atoms with E-state index in [1.165, 1.54) is 44.9 Å². The van der Waals surface area contributed by atoms with Crippen LogP contribution in [0, 0.1) is 5.41 Å². The van der Waals surface area contributed by atoms with E-state index in [1.54, 1.807) is 0 Å². The Kier molecular flexibility index (Phi) is 5.32. The van der Waals surface area contributed by atoms with Crippen molar-refractivity contribution in [1.82, 2.24) is 0 Å². The summed E-state index contributed by atoms with van der Waals surface area (Å²) < 4.78 is 22.3. The molecule has 2 saturated heterocycles. The van der Waals surface area contributed by atoms with E-state index in [-0.39, 0.29) is 5.41 Å². The molecule has 1 aliphatic carbocycles. The predicted molar refractivity (Wildman–Crippen MR) is 75.9 cm³/mol. The van der Waals surface area contributed by atoms with Crippen LogP contribution in [0.15, 0.2) is 0 Å². The Morgan fingerprint density at radius 1 is 0.750 bits per heavy atom. The summed E-state index contributed by atoms with van der Waals surface area (Å²) in [5, 5.41) is 0. The Hall–Kier alpha value is -0.160. The molecule has 0 amide bonds. The molecule has 2 atom stereocenters. The molecule has 3 rings (SSSR count). The fourth-order valence-corrected chi connectivity index (χ4v) is 3.13. The van der Waals surface area contributed by atoms with Gasteiger partial charge in [-0.3, -0.25) is 0 Å². The summed E-state index contributed by atoms with van der Waals surface area (Å²) in [7, 11) is 0. The molecule has 0 aromatic carbocycles. The minimum absolute atomic E-state index is 0.226. The zero-order valence-corrected chi connectivity index (χ0v) is 12.5. The molecule has 2 aliphatic heterocycles. The predicted octanol–water partition coefficient (Wildman–Crippen LogP) is 2.55. The Balaban J connectivity index is 1.47. The second-order valence-electron chi connectivity index (χ2n) is 6.71. The fraction of sp³-hybridized carbons (Fsp3) is 1.00. The van der Waals surface area contributed by atoms with Crippen LogP contribution in [0.1, 0.15) is 44.9 Å². The summed E-state index contributed by atoms with van der Waals surface area (Å²) in [6, 6.07) is 0. The van der Waals surface area contributed by atoms with Crippen LogP contribution >= 0.6 is 0 Å². The number of rotatable bonds is 8. The van der Waals surface area contributed by atoms with Crippen LogP contribution in [0.4, 0.5) is 0 Å². The van der Waals surface area contributed by atoms with E-state index in [0.717, 1.165) is 39.6 Å². The van der Waals surface area contributed by atoms with Crippen molar-refractivity contribution >= 4 is 0 Å². The molecular weight excluding hydrogens is 256 g/mol. The van der Waals surface area contributed by atoms with Gasteiger partial charge < -0.3 is 18.9 Å². The molecule has 0 aromatic heterocycles. The van der Waals surface area contributed by atoms with Gasteiger partial charge in [0.1, 0.15) is 12.2 Å². The highest BCUT2D eigenvalue weighted by atomic mass is 16.6. The highest BCUT2D eigenvalue weighted by molar-refractivity contribution is 4.82. The van der Waals surface area contributed by atoms with Gasteiger partial charge in [0.25, 0.3) is 0 Å². The van der Waals surface area contributed by atoms with E-state index in [9.17, 15) is 0 Å². The van der Waals surface area contributed by atoms with Crippen molar-refractivity contribution < 1.29 is 18.9 Å². The standard InChI is InChI=1S/C16H28O4/c1-2-4-6-16(7-5-3-1,12-17-8-14-10-19-14)13-18-9-15-11-20-15/h14-15H,1-13H2. The fourth-order valence-electron chi connectivity index (χ4n) is 3.13. The van der Waals surface area contributed by atoms with Crippen molar-refractivity contribution in [2.75, 3.05) is 39.6 Å². The van der Waals surface area contributed by atoms with E-state index in [1.807, 2.05) is 0 Å². The second kappa shape index (κ2) is 7.21. The molecule has 4 heteroatoms. The first kappa shape index (κ1) is 14.8. The monoisotopic (exact) mass is 284 g/mol. The van der Waals surface area contributed by atoms with Gasteiger partial charge in [-0.1, -0.05) is 32.1 Å². The normalized spacial score (nSPS) is 32.4. The lowest BCUT2D eigenvalue weighted by Crippen LogP contribution is -2.34. The van der Waals surface area contributed by atoms with Crippen LogP contribution in [0.2, 0.25) is 0 Å². The SMILES string of the molecule is C1CCCC(COCC2CO2)(COCC2CO2)CCC1. The maximum Gasteiger partial charge on any atom is 0.104 e. The molecule has 2 heterocycles. The molecule has 0 spiro atoms. The van der Waals surface area contributed by atoms with Gasteiger partial charge in [0, 0.05) is 5.41 Å². The Bertz CT molecular complexity index is 258. The lowest BCUT2D eigenvalue weighted by molar-refractivity contribution is -0.0416. The van der Waals surface area contributed by atoms with Gasteiger partial charge in [-0.05, 0) is 12.8 Å². The summed E-state index contributed by atoms with van der Waals surface area (Å²) in [5.41, 5.74) is 0.226. The van der Waals surface area contributed by atoms with Gasteiger partial charge >= 0.3 is 0 Å². The highest BCUT2D eigenvalue weighted by Crippen LogP contribution is 2.35. The van der Waals surface area contributed by atoms with E-state index < -0.39 is 0 Å². The molecule has 1 saturated carbocycles. The van der Waals surface area contributed by atoms with E-state index in [2.05, 4.69) is 0 Å². The van der Waals surface area contributed by atoms with Crippen LogP contribution in [-0.2, 0) is 18.9 Å². The lowest BCUT2D eigenvalue weighted by atomic mass is 9.77. The molecule has 0 N–H and O–H groups in total. The second-order valence-corrected chi connectivity index (χ2v) is 6.71. The van der Waals surface area contributed by atoms with Gasteiger partial charge in [-0.25, -0.2) is 0 Å². The molecule has 3 aliphatic rings. The molecule has 0 radical (unpaired) electrons. The van der Waals surface area contributed by atoms with Gasteiger partial charge in [-0.2, -0.15) is 0 Å². The molecule has 116 valence electrons. The van der Waals surface area contributed by atoms with Crippen LogP contribution in [0.3, 0.4) is 0 Å². The number of ether oxygens (including phenoxy) is 4. The van der Waals surface area contributed by atoms with Gasteiger partial charge in [0.05, 0.1) is 39.6 Å². The number of hydrogen-bond acceptors (Lipinski definition) is 4. The molecule has 3 fully saturated rings.